The van der Waals surface area contributed by atoms with E-state index < -0.39 is 5.60 Å². The number of carbonyl (C=O) groups is 1. The molecule has 2 rings (SSSR count). The van der Waals surface area contributed by atoms with Crippen LogP contribution >= 0.6 is 0 Å². The van der Waals surface area contributed by atoms with Crippen molar-refractivity contribution in [3.05, 3.63) is 29.3 Å². The summed E-state index contributed by atoms with van der Waals surface area (Å²) in [6, 6.07) is 7.84. The van der Waals surface area contributed by atoms with Crippen LogP contribution < -0.4 is 31.3 Å². The molecule has 0 aliphatic carbocycles. The van der Waals surface area contributed by atoms with E-state index in [2.05, 4.69) is 21.2 Å². The molecular weight excluding hydrogens is 493 g/mol. The van der Waals surface area contributed by atoms with Gasteiger partial charge in [-0.3, -0.25) is 0 Å². The third-order valence-electron chi connectivity index (χ3n) is 5.00. The summed E-state index contributed by atoms with van der Waals surface area (Å²) >= 11 is 0.0227. The van der Waals surface area contributed by atoms with Gasteiger partial charge in [0.05, 0.1) is 0 Å². The summed E-state index contributed by atoms with van der Waals surface area (Å²) in [4.78, 5) is 17.2. The van der Waals surface area contributed by atoms with Gasteiger partial charge in [-0.05, 0) is 0 Å². The number of nitrogens with zero attached hydrogens (tertiary/aromatic N) is 2. The predicted octanol–water partition coefficient (Wildman–Crippen LogP) is 0.578. The van der Waals surface area contributed by atoms with Gasteiger partial charge in [0.15, 0.2) is 0 Å². The average Bonchev–Trinajstić information content (AvgIpc) is 2.66. The molecule has 1 aromatic rings. The van der Waals surface area contributed by atoms with Gasteiger partial charge in [-0.15, -0.1) is 0 Å². The Morgan fingerprint density at radius 2 is 2.17 bits per heavy atom. The summed E-state index contributed by atoms with van der Waals surface area (Å²) in [5.74, 6) is 0.853. The minimum atomic E-state index is -0.498. The van der Waals surface area contributed by atoms with E-state index in [4.69, 9.17) is 9.47 Å². The van der Waals surface area contributed by atoms with Crippen molar-refractivity contribution in [1.29, 1.82) is 5.26 Å². The van der Waals surface area contributed by atoms with Gasteiger partial charge in [0, 0.05) is 0 Å². The molecule has 168 valence electrons. The third kappa shape index (κ3) is 7.62. The van der Waals surface area contributed by atoms with Crippen LogP contribution in [0.2, 0.25) is 0 Å². The molecule has 0 radical (unpaired) electrons. The second kappa shape index (κ2) is 11.2. The molecule has 1 aliphatic heterocycles. The zero-order chi connectivity index (χ0) is 22.2. The fourth-order valence-electron chi connectivity index (χ4n) is 3.86. The molecule has 0 bridgehead atoms. The van der Waals surface area contributed by atoms with Crippen molar-refractivity contribution in [3.63, 3.8) is 0 Å². The summed E-state index contributed by atoms with van der Waals surface area (Å²) in [6.45, 7) is 11.0. The number of alkyl carbamates (subject to hydrolysis) is 1. The molecule has 30 heavy (non-hydrogen) atoms. The van der Waals surface area contributed by atoms with Gasteiger partial charge in [0.25, 0.3) is 0 Å². The maximum atomic E-state index is 12.5. The number of likely N-dealkylation sites (tertiary alicyclic amines) is 1. The number of alkyl halides is 2. The van der Waals surface area contributed by atoms with Crippen LogP contribution in [0.15, 0.2) is 18.2 Å². The molecule has 1 atom stereocenters. The molecular formula is C23H35IN3O3-. The summed E-state index contributed by atoms with van der Waals surface area (Å²) in [5.41, 5.74) is 1.02. The number of nitrogens with one attached hydrogen (secondary N) is 1. The molecule has 1 unspecified atom stereocenters. The van der Waals surface area contributed by atoms with Crippen molar-refractivity contribution in [2.24, 2.45) is 0 Å². The van der Waals surface area contributed by atoms with Gasteiger partial charge < -0.3 is 0 Å². The molecule has 6 nitrogen and oxygen atoms in total. The number of halogens is 1. The van der Waals surface area contributed by atoms with Crippen molar-refractivity contribution in [1.82, 2.24) is 10.2 Å². The van der Waals surface area contributed by atoms with Gasteiger partial charge in [0.2, 0.25) is 0 Å². The number of ether oxygens (including phenoxy) is 2. The van der Waals surface area contributed by atoms with Crippen molar-refractivity contribution in [2.45, 2.75) is 58.1 Å². The molecule has 1 saturated heterocycles. The molecule has 0 spiro atoms. The summed E-state index contributed by atoms with van der Waals surface area (Å²) in [7, 11) is 0. The van der Waals surface area contributed by atoms with Crippen LogP contribution in [0, 0.1) is 11.3 Å². The van der Waals surface area contributed by atoms with Crippen LogP contribution in [0.25, 0.3) is 0 Å². The van der Waals surface area contributed by atoms with Crippen LogP contribution in [0.5, 0.6) is 5.75 Å². The SMILES string of the molecule is CCOc1ccc(C#N)cc1CCN1CCCC(C[I-]C)(NC(=O)OC(C)(C)C)C1. The van der Waals surface area contributed by atoms with Crippen LogP contribution in [0.1, 0.15) is 51.7 Å². The summed E-state index contributed by atoms with van der Waals surface area (Å²) < 4.78 is 12.3. The number of amides is 1. The second-order valence-electron chi connectivity index (χ2n) is 8.81. The van der Waals surface area contributed by atoms with Gasteiger partial charge in [-0.2, -0.15) is 0 Å². The fraction of sp³-hybridized carbons (Fsp3) is 0.652. The number of nitriles is 1. The quantitative estimate of drug-likeness (QED) is 0.395. The number of hydrogen-bond donors (Lipinski definition) is 1. The van der Waals surface area contributed by atoms with Crippen molar-refractivity contribution in [3.8, 4) is 11.8 Å². The first-order valence-corrected chi connectivity index (χ1v) is 14.2. The van der Waals surface area contributed by atoms with Crippen LogP contribution in [-0.2, 0) is 11.2 Å². The average molecular weight is 528 g/mol. The van der Waals surface area contributed by atoms with Gasteiger partial charge in [-0.1, -0.05) is 0 Å². The third-order valence-corrected chi connectivity index (χ3v) is 7.22. The van der Waals surface area contributed by atoms with E-state index in [1.807, 2.05) is 39.8 Å². The van der Waals surface area contributed by atoms with Crippen LogP contribution in [-0.4, -0.2) is 57.7 Å². The second-order valence-corrected chi connectivity index (χ2v) is 11.1. The van der Waals surface area contributed by atoms with Gasteiger partial charge in [-0.25, -0.2) is 0 Å². The number of piperidine rings is 1. The van der Waals surface area contributed by atoms with E-state index in [1.54, 1.807) is 6.07 Å². The Kier molecular flexibility index (Phi) is 9.23. The Morgan fingerprint density at radius 1 is 1.40 bits per heavy atom. The zero-order valence-corrected chi connectivity index (χ0v) is 21.0. The van der Waals surface area contributed by atoms with E-state index in [0.29, 0.717) is 12.2 Å². The summed E-state index contributed by atoms with van der Waals surface area (Å²) in [5, 5.41) is 12.5. The molecule has 1 aliphatic rings. The maximum absolute atomic E-state index is 12.5. The number of carbonyl (C=O) groups excluding carboxylic acids is 1. The Bertz CT molecular complexity index is 753. The van der Waals surface area contributed by atoms with Crippen LogP contribution in [0.3, 0.4) is 0 Å². The first-order valence-electron chi connectivity index (χ1n) is 10.5. The van der Waals surface area contributed by atoms with Crippen molar-refractivity contribution < 1.29 is 35.5 Å². The van der Waals surface area contributed by atoms with Crippen LogP contribution in [0.4, 0.5) is 4.79 Å². The zero-order valence-electron chi connectivity index (χ0n) is 18.9. The summed E-state index contributed by atoms with van der Waals surface area (Å²) in [6.07, 6.45) is 2.54. The van der Waals surface area contributed by atoms with E-state index in [9.17, 15) is 10.1 Å². The van der Waals surface area contributed by atoms with Crippen molar-refractivity contribution in [2.75, 3.05) is 35.6 Å². The molecule has 1 fully saturated rings. The van der Waals surface area contributed by atoms with E-state index in [0.717, 1.165) is 54.6 Å². The van der Waals surface area contributed by atoms with E-state index in [1.165, 1.54) is 0 Å². The molecule has 1 heterocycles. The standard InChI is InChI=1S/C23H35IN3O3/c1-6-29-20-9-8-18(15-25)14-19(20)10-13-27-12-7-11-23(17-27,16-24-5)26-21(28)30-22(2,3)4/h8-9,14H,6-7,10-13,16-17H2,1-5H3,(H,26,28)/q-1. The fourth-order valence-corrected chi connectivity index (χ4v) is 6.13. The van der Waals surface area contributed by atoms with Gasteiger partial charge in [0.1, 0.15) is 0 Å². The molecule has 0 saturated carbocycles. The van der Waals surface area contributed by atoms with Crippen molar-refractivity contribution >= 4 is 6.09 Å². The Balaban J connectivity index is 2.07. The number of rotatable bonds is 8. The molecule has 1 amide bonds. The predicted molar refractivity (Wildman–Crippen MR) is 115 cm³/mol. The monoisotopic (exact) mass is 528 g/mol. The molecule has 7 heteroatoms. The van der Waals surface area contributed by atoms with Gasteiger partial charge >= 0.3 is 192 Å². The normalized spacial score (nSPS) is 19.9. The molecule has 1 N–H and O–H groups in total. The first kappa shape index (κ1) is 24.7. The topological polar surface area (TPSA) is 74.6 Å². The first-order chi connectivity index (χ1) is 14.2. The van der Waals surface area contributed by atoms with E-state index >= 15 is 0 Å². The minimum absolute atomic E-state index is 0.0227. The molecule has 1 aromatic carbocycles. The Hall–Kier alpha value is -1.53. The van der Waals surface area contributed by atoms with E-state index in [-0.39, 0.29) is 32.8 Å². The number of benzene rings is 1. The Labute approximate surface area is 191 Å². The number of hydrogen-bond acceptors (Lipinski definition) is 5. The molecule has 0 aromatic heterocycles. The Morgan fingerprint density at radius 3 is 2.80 bits per heavy atom.